The molecule has 1 fully saturated rings. The van der Waals surface area contributed by atoms with Crippen molar-refractivity contribution in [2.24, 2.45) is 11.8 Å². The maximum atomic E-state index is 5.57. The molecule has 0 saturated heterocycles. The van der Waals surface area contributed by atoms with Crippen LogP contribution >= 0.6 is 0 Å². The minimum absolute atomic E-state index is 0.474. The summed E-state index contributed by atoms with van der Waals surface area (Å²) in [6.07, 6.45) is 10.1. The van der Waals surface area contributed by atoms with Crippen molar-refractivity contribution in [3.05, 3.63) is 12.4 Å². The number of hydrogen-bond donors (Lipinski definition) is 2. The minimum Gasteiger partial charge on any atom is -0.382 e. The second-order valence-electron chi connectivity index (χ2n) is 5.17. The van der Waals surface area contributed by atoms with Gasteiger partial charge in [0.15, 0.2) is 0 Å². The Morgan fingerprint density at radius 3 is 2.76 bits per heavy atom. The lowest BCUT2D eigenvalue weighted by atomic mass is 9.81. The first-order valence-corrected chi connectivity index (χ1v) is 6.55. The van der Waals surface area contributed by atoms with E-state index in [1.54, 1.807) is 12.4 Å². The average Bonchev–Trinajstić information content (AvgIpc) is 2.32. The lowest BCUT2D eigenvalue weighted by molar-refractivity contribution is 0.282. The molecule has 0 spiro atoms. The number of nitrogens with zero attached hydrogens (tertiary/aromatic N) is 2. The van der Waals surface area contributed by atoms with Gasteiger partial charge < -0.3 is 11.1 Å². The van der Waals surface area contributed by atoms with Gasteiger partial charge in [-0.2, -0.15) is 0 Å². The number of nitrogens with two attached hydrogens (primary N) is 1. The highest BCUT2D eigenvalue weighted by atomic mass is 15.0. The molecule has 94 valence electrons. The Balaban J connectivity index is 1.69. The topological polar surface area (TPSA) is 63.8 Å². The molecular formula is C13H22N4. The smallest absolute Gasteiger partial charge is 0.146 e. The molecule has 4 heteroatoms. The van der Waals surface area contributed by atoms with Crippen LogP contribution in [0.5, 0.6) is 0 Å². The Kier molecular flexibility index (Phi) is 4.18. The normalized spacial score (nSPS) is 24.5. The molecule has 4 nitrogen and oxygen atoms in total. The van der Waals surface area contributed by atoms with Gasteiger partial charge in [0.2, 0.25) is 0 Å². The summed E-state index contributed by atoms with van der Waals surface area (Å²) in [5.74, 6) is 3.07. The largest absolute Gasteiger partial charge is 0.382 e. The Bertz CT molecular complexity index is 345. The van der Waals surface area contributed by atoms with E-state index >= 15 is 0 Å². The van der Waals surface area contributed by atoms with Crippen molar-refractivity contribution < 1.29 is 0 Å². The van der Waals surface area contributed by atoms with Crippen LogP contribution < -0.4 is 11.1 Å². The highest BCUT2D eigenvalue weighted by Gasteiger charge is 2.17. The lowest BCUT2D eigenvalue weighted by Gasteiger charge is -2.26. The summed E-state index contributed by atoms with van der Waals surface area (Å²) in [7, 11) is 0. The highest BCUT2D eigenvalue weighted by Crippen LogP contribution is 2.30. The number of aromatic nitrogens is 2. The summed E-state index contributed by atoms with van der Waals surface area (Å²) >= 11 is 0. The lowest BCUT2D eigenvalue weighted by Crippen LogP contribution is -2.16. The molecule has 17 heavy (non-hydrogen) atoms. The molecule has 1 saturated carbocycles. The van der Waals surface area contributed by atoms with E-state index in [-0.39, 0.29) is 0 Å². The Hall–Kier alpha value is -1.32. The van der Waals surface area contributed by atoms with Gasteiger partial charge in [0.05, 0.1) is 12.4 Å². The van der Waals surface area contributed by atoms with Gasteiger partial charge in [-0.05, 0) is 18.3 Å². The van der Waals surface area contributed by atoms with Crippen LogP contribution in [0, 0.1) is 11.8 Å². The van der Waals surface area contributed by atoms with E-state index in [2.05, 4.69) is 22.2 Å². The summed E-state index contributed by atoms with van der Waals surface area (Å²) in [5.41, 5.74) is 5.57. The number of rotatable bonds is 4. The van der Waals surface area contributed by atoms with Crippen molar-refractivity contribution in [1.82, 2.24) is 9.97 Å². The minimum atomic E-state index is 0.474. The molecule has 1 aliphatic carbocycles. The van der Waals surface area contributed by atoms with Crippen LogP contribution in [-0.4, -0.2) is 16.5 Å². The molecule has 1 aromatic heterocycles. The van der Waals surface area contributed by atoms with E-state index in [1.807, 2.05) is 0 Å². The number of nitrogen functional groups attached to an aromatic ring is 1. The van der Waals surface area contributed by atoms with Crippen LogP contribution in [0.25, 0.3) is 0 Å². The van der Waals surface area contributed by atoms with Crippen molar-refractivity contribution in [2.45, 2.75) is 39.0 Å². The van der Waals surface area contributed by atoms with E-state index in [0.717, 1.165) is 24.2 Å². The Labute approximate surface area is 103 Å². The molecular weight excluding hydrogens is 212 g/mol. The second kappa shape index (κ2) is 5.84. The molecule has 0 atom stereocenters. The summed E-state index contributed by atoms with van der Waals surface area (Å²) in [4.78, 5) is 8.18. The fraction of sp³-hybridized carbons (Fsp3) is 0.692. The average molecular weight is 234 g/mol. The van der Waals surface area contributed by atoms with E-state index < -0.39 is 0 Å². The molecule has 3 N–H and O–H groups in total. The SMILES string of the molecule is CC1CCC(CCNc2cncc(N)n2)CC1. The molecule has 1 heterocycles. The van der Waals surface area contributed by atoms with E-state index in [0.29, 0.717) is 5.82 Å². The molecule has 0 aliphatic heterocycles. The summed E-state index contributed by atoms with van der Waals surface area (Å²) in [6, 6.07) is 0. The fourth-order valence-electron chi connectivity index (χ4n) is 2.49. The fourth-order valence-corrected chi connectivity index (χ4v) is 2.49. The molecule has 0 bridgehead atoms. The van der Waals surface area contributed by atoms with Crippen molar-refractivity contribution >= 4 is 11.6 Å². The third-order valence-electron chi connectivity index (χ3n) is 3.65. The molecule has 1 aromatic rings. The zero-order valence-corrected chi connectivity index (χ0v) is 10.5. The van der Waals surface area contributed by atoms with Gasteiger partial charge in [0.1, 0.15) is 11.6 Å². The molecule has 0 aromatic carbocycles. The monoisotopic (exact) mass is 234 g/mol. The van der Waals surface area contributed by atoms with Crippen molar-refractivity contribution in [1.29, 1.82) is 0 Å². The number of anilines is 2. The maximum absolute atomic E-state index is 5.57. The van der Waals surface area contributed by atoms with E-state index in [9.17, 15) is 0 Å². The number of nitrogens with one attached hydrogen (secondary N) is 1. The Morgan fingerprint density at radius 1 is 1.29 bits per heavy atom. The molecule has 0 unspecified atom stereocenters. The number of hydrogen-bond acceptors (Lipinski definition) is 4. The third-order valence-corrected chi connectivity index (χ3v) is 3.65. The van der Waals surface area contributed by atoms with Crippen LogP contribution in [0.1, 0.15) is 39.0 Å². The van der Waals surface area contributed by atoms with Gasteiger partial charge in [-0.3, -0.25) is 4.98 Å². The first kappa shape index (κ1) is 12.1. The molecule has 0 radical (unpaired) electrons. The Morgan fingerprint density at radius 2 is 2.06 bits per heavy atom. The van der Waals surface area contributed by atoms with Crippen molar-refractivity contribution in [3.63, 3.8) is 0 Å². The van der Waals surface area contributed by atoms with Crippen molar-refractivity contribution in [3.8, 4) is 0 Å². The van der Waals surface area contributed by atoms with Crippen LogP contribution in [0.4, 0.5) is 11.6 Å². The van der Waals surface area contributed by atoms with Gasteiger partial charge in [-0.15, -0.1) is 0 Å². The first-order valence-electron chi connectivity index (χ1n) is 6.55. The van der Waals surface area contributed by atoms with Gasteiger partial charge in [0, 0.05) is 6.54 Å². The third kappa shape index (κ3) is 3.88. The van der Waals surface area contributed by atoms with Gasteiger partial charge >= 0.3 is 0 Å². The van der Waals surface area contributed by atoms with Gasteiger partial charge in [-0.1, -0.05) is 32.6 Å². The summed E-state index contributed by atoms with van der Waals surface area (Å²) < 4.78 is 0. The highest BCUT2D eigenvalue weighted by molar-refractivity contribution is 5.38. The molecule has 1 aliphatic rings. The van der Waals surface area contributed by atoms with Crippen LogP contribution in [0.15, 0.2) is 12.4 Å². The molecule has 2 rings (SSSR count). The zero-order valence-electron chi connectivity index (χ0n) is 10.5. The maximum Gasteiger partial charge on any atom is 0.146 e. The van der Waals surface area contributed by atoms with Crippen LogP contribution in [0.3, 0.4) is 0 Å². The molecule has 0 amide bonds. The van der Waals surface area contributed by atoms with Gasteiger partial charge in [-0.25, -0.2) is 4.98 Å². The van der Waals surface area contributed by atoms with E-state index in [4.69, 9.17) is 5.73 Å². The standard InChI is InChI=1S/C13H22N4/c1-10-2-4-11(5-3-10)6-7-16-13-9-15-8-12(14)17-13/h8-11H,2-7H2,1H3,(H3,14,16,17). The summed E-state index contributed by atoms with van der Waals surface area (Å²) in [5, 5.41) is 3.29. The summed E-state index contributed by atoms with van der Waals surface area (Å²) in [6.45, 7) is 3.33. The predicted octanol–water partition coefficient (Wildman–Crippen LogP) is 2.69. The quantitative estimate of drug-likeness (QED) is 0.840. The van der Waals surface area contributed by atoms with Gasteiger partial charge in [0.25, 0.3) is 0 Å². The van der Waals surface area contributed by atoms with E-state index in [1.165, 1.54) is 32.1 Å². The zero-order chi connectivity index (χ0) is 12.1. The second-order valence-corrected chi connectivity index (χ2v) is 5.17. The predicted molar refractivity (Wildman–Crippen MR) is 70.7 cm³/mol. The van der Waals surface area contributed by atoms with Crippen molar-refractivity contribution in [2.75, 3.05) is 17.6 Å². The first-order chi connectivity index (χ1) is 8.24. The van der Waals surface area contributed by atoms with Crippen LogP contribution in [0.2, 0.25) is 0 Å². The van der Waals surface area contributed by atoms with Crippen LogP contribution in [-0.2, 0) is 0 Å².